The highest BCUT2D eigenvalue weighted by Crippen LogP contribution is 2.36. The van der Waals surface area contributed by atoms with Crippen LogP contribution in [0.2, 0.25) is 10.2 Å². The second-order valence-corrected chi connectivity index (χ2v) is 3.41. The number of aromatic nitrogens is 1. The first-order chi connectivity index (χ1) is 7.27. The second kappa shape index (κ2) is 4.47. The molecular weight excluding hydrogens is 270 g/mol. The van der Waals surface area contributed by atoms with E-state index in [9.17, 15) is 18.0 Å². The minimum Gasteiger partial charge on any atom is -0.464 e. The van der Waals surface area contributed by atoms with Crippen LogP contribution in [0, 0.1) is 0 Å². The summed E-state index contributed by atoms with van der Waals surface area (Å²) in [5.41, 5.74) is -1.66. The van der Waals surface area contributed by atoms with Gasteiger partial charge in [-0.3, -0.25) is 0 Å². The summed E-state index contributed by atoms with van der Waals surface area (Å²) in [7, 11) is 1.05. The van der Waals surface area contributed by atoms with Gasteiger partial charge in [-0.2, -0.15) is 13.2 Å². The van der Waals surface area contributed by atoms with Gasteiger partial charge in [0.05, 0.1) is 17.7 Å². The van der Waals surface area contributed by atoms with Crippen LogP contribution < -0.4 is 0 Å². The van der Waals surface area contributed by atoms with Crippen molar-refractivity contribution in [3.05, 3.63) is 27.5 Å². The van der Waals surface area contributed by atoms with E-state index in [0.29, 0.717) is 6.07 Å². The van der Waals surface area contributed by atoms with E-state index in [1.807, 2.05) is 0 Å². The Morgan fingerprint density at radius 3 is 2.44 bits per heavy atom. The Balaban J connectivity index is 3.33. The van der Waals surface area contributed by atoms with Crippen molar-refractivity contribution < 1.29 is 22.7 Å². The number of hydrogen-bond acceptors (Lipinski definition) is 3. The molecule has 0 amide bonds. The SMILES string of the molecule is COC(=O)c1nc(Cl)c(C(F)(F)F)cc1Cl. The lowest BCUT2D eigenvalue weighted by atomic mass is 10.2. The summed E-state index contributed by atoms with van der Waals surface area (Å²) in [6.07, 6.45) is -4.68. The number of nitrogens with zero attached hydrogens (tertiary/aromatic N) is 1. The Labute approximate surface area is 98.1 Å². The fourth-order valence-electron chi connectivity index (χ4n) is 0.905. The fraction of sp³-hybridized carbons (Fsp3) is 0.250. The van der Waals surface area contributed by atoms with E-state index in [1.165, 1.54) is 0 Å². The van der Waals surface area contributed by atoms with Gasteiger partial charge >= 0.3 is 12.1 Å². The molecule has 1 aromatic rings. The minimum atomic E-state index is -4.68. The van der Waals surface area contributed by atoms with Crippen LogP contribution >= 0.6 is 23.2 Å². The van der Waals surface area contributed by atoms with Crippen molar-refractivity contribution in [3.8, 4) is 0 Å². The highest BCUT2D eigenvalue weighted by Gasteiger charge is 2.35. The van der Waals surface area contributed by atoms with Gasteiger partial charge in [-0.05, 0) is 6.07 Å². The molecule has 1 aromatic heterocycles. The smallest absolute Gasteiger partial charge is 0.419 e. The van der Waals surface area contributed by atoms with E-state index in [4.69, 9.17) is 23.2 Å². The number of halogens is 5. The molecule has 0 unspecified atom stereocenters. The van der Waals surface area contributed by atoms with Gasteiger partial charge in [-0.15, -0.1) is 0 Å². The molecule has 0 atom stereocenters. The summed E-state index contributed by atoms with van der Waals surface area (Å²) >= 11 is 10.7. The number of carbonyl (C=O) groups is 1. The molecule has 3 nitrogen and oxygen atoms in total. The van der Waals surface area contributed by atoms with Crippen LogP contribution in [0.5, 0.6) is 0 Å². The first-order valence-corrected chi connectivity index (χ1v) is 4.54. The van der Waals surface area contributed by atoms with Crippen molar-refractivity contribution in [3.63, 3.8) is 0 Å². The zero-order valence-electron chi connectivity index (χ0n) is 7.73. The normalized spacial score (nSPS) is 11.4. The van der Waals surface area contributed by atoms with Gasteiger partial charge in [0.2, 0.25) is 0 Å². The number of ether oxygens (including phenoxy) is 1. The lowest BCUT2D eigenvalue weighted by molar-refractivity contribution is -0.137. The van der Waals surface area contributed by atoms with E-state index in [1.54, 1.807) is 0 Å². The van der Waals surface area contributed by atoms with Crippen LogP contribution in [0.4, 0.5) is 13.2 Å². The maximum absolute atomic E-state index is 12.3. The predicted octanol–water partition coefficient (Wildman–Crippen LogP) is 3.19. The van der Waals surface area contributed by atoms with E-state index in [2.05, 4.69) is 9.72 Å². The molecule has 0 aliphatic heterocycles. The van der Waals surface area contributed by atoms with E-state index in [-0.39, 0.29) is 0 Å². The maximum Gasteiger partial charge on any atom is 0.419 e. The monoisotopic (exact) mass is 273 g/mol. The maximum atomic E-state index is 12.3. The number of methoxy groups -OCH3 is 1. The number of hydrogen-bond donors (Lipinski definition) is 0. The topological polar surface area (TPSA) is 39.2 Å². The molecule has 0 N–H and O–H groups in total. The summed E-state index contributed by atoms with van der Waals surface area (Å²) in [4.78, 5) is 14.3. The van der Waals surface area contributed by atoms with Crippen molar-refractivity contribution >= 4 is 29.2 Å². The molecule has 0 saturated heterocycles. The highest BCUT2D eigenvalue weighted by molar-refractivity contribution is 6.34. The molecule has 0 spiro atoms. The van der Waals surface area contributed by atoms with Crippen molar-refractivity contribution in [2.24, 2.45) is 0 Å². The molecule has 16 heavy (non-hydrogen) atoms. The fourth-order valence-corrected chi connectivity index (χ4v) is 1.38. The average molecular weight is 274 g/mol. The summed E-state index contributed by atoms with van der Waals surface area (Å²) in [6.45, 7) is 0. The quantitative estimate of drug-likeness (QED) is 0.583. The van der Waals surface area contributed by atoms with Crippen molar-refractivity contribution in [1.82, 2.24) is 4.98 Å². The van der Waals surface area contributed by atoms with Gasteiger partial charge in [-0.1, -0.05) is 23.2 Å². The summed E-state index contributed by atoms with van der Waals surface area (Å²) in [5, 5.41) is -1.32. The number of alkyl halides is 3. The standard InChI is InChI=1S/C8H4Cl2F3NO2/c1-16-7(15)5-4(9)2-3(6(10)14-5)8(11,12)13/h2H,1H3. The van der Waals surface area contributed by atoms with Crippen LogP contribution in [-0.2, 0) is 10.9 Å². The predicted molar refractivity (Wildman–Crippen MR) is 50.6 cm³/mol. The van der Waals surface area contributed by atoms with Gasteiger partial charge in [0.25, 0.3) is 0 Å². The first-order valence-electron chi connectivity index (χ1n) is 3.79. The van der Waals surface area contributed by atoms with Gasteiger partial charge in [0.15, 0.2) is 5.69 Å². The van der Waals surface area contributed by atoms with Crippen molar-refractivity contribution in [2.75, 3.05) is 7.11 Å². The summed E-state index contributed by atoms with van der Waals surface area (Å²) in [5.74, 6) is -0.958. The van der Waals surface area contributed by atoms with E-state index < -0.39 is 33.6 Å². The van der Waals surface area contributed by atoms with Crippen LogP contribution in [0.25, 0.3) is 0 Å². The van der Waals surface area contributed by atoms with Gasteiger partial charge in [-0.25, -0.2) is 9.78 Å². The molecule has 1 heterocycles. The Morgan fingerprint density at radius 2 is 2.00 bits per heavy atom. The minimum absolute atomic E-state index is 0.456. The summed E-state index contributed by atoms with van der Waals surface area (Å²) < 4.78 is 41.3. The van der Waals surface area contributed by atoms with E-state index >= 15 is 0 Å². The molecule has 0 radical (unpaired) electrons. The van der Waals surface area contributed by atoms with Gasteiger partial charge in [0.1, 0.15) is 5.15 Å². The van der Waals surface area contributed by atoms with Crippen LogP contribution in [0.1, 0.15) is 16.1 Å². The molecule has 1 rings (SSSR count). The lowest BCUT2D eigenvalue weighted by Gasteiger charge is -2.10. The number of pyridine rings is 1. The largest absolute Gasteiger partial charge is 0.464 e. The molecule has 0 fully saturated rings. The number of rotatable bonds is 1. The molecule has 88 valence electrons. The molecule has 0 aliphatic carbocycles. The molecule has 0 aliphatic rings. The molecule has 8 heteroatoms. The van der Waals surface area contributed by atoms with E-state index in [0.717, 1.165) is 7.11 Å². The summed E-state index contributed by atoms with van der Waals surface area (Å²) in [6, 6.07) is 0.531. The Bertz CT molecular complexity index is 434. The van der Waals surface area contributed by atoms with Crippen LogP contribution in [-0.4, -0.2) is 18.1 Å². The van der Waals surface area contributed by atoms with Crippen LogP contribution in [0.3, 0.4) is 0 Å². The second-order valence-electron chi connectivity index (χ2n) is 2.65. The molecule has 0 bridgehead atoms. The Kier molecular flexibility index (Phi) is 3.64. The molecule has 0 aromatic carbocycles. The average Bonchev–Trinajstić information content (AvgIpc) is 2.18. The van der Waals surface area contributed by atoms with Gasteiger partial charge in [0, 0.05) is 0 Å². The lowest BCUT2D eigenvalue weighted by Crippen LogP contribution is -2.11. The van der Waals surface area contributed by atoms with Crippen LogP contribution in [0.15, 0.2) is 6.07 Å². The number of esters is 1. The van der Waals surface area contributed by atoms with Crippen molar-refractivity contribution in [1.29, 1.82) is 0 Å². The third kappa shape index (κ3) is 2.56. The zero-order chi connectivity index (χ0) is 12.5. The number of carbonyl (C=O) groups excluding carboxylic acids is 1. The Morgan fingerprint density at radius 1 is 1.44 bits per heavy atom. The third-order valence-corrected chi connectivity index (χ3v) is 2.19. The zero-order valence-corrected chi connectivity index (χ0v) is 9.24. The highest BCUT2D eigenvalue weighted by atomic mass is 35.5. The molecule has 0 saturated carbocycles. The van der Waals surface area contributed by atoms with Crippen molar-refractivity contribution in [2.45, 2.75) is 6.18 Å². The Hall–Kier alpha value is -1.01. The third-order valence-electron chi connectivity index (χ3n) is 1.61. The first kappa shape index (κ1) is 13.1. The van der Waals surface area contributed by atoms with Gasteiger partial charge < -0.3 is 4.74 Å². The molecular formula is C8H4Cl2F3NO2.